The molecule has 0 bridgehead atoms. The number of ether oxygens (including phenoxy) is 4. The van der Waals surface area contributed by atoms with Crippen molar-refractivity contribution in [2.45, 2.75) is 19.8 Å². The fraction of sp³-hybridized carbons (Fsp3) is 0.333. The average Bonchev–Trinajstić information content (AvgIpc) is 2.71. The van der Waals surface area contributed by atoms with Crippen LogP contribution in [0.5, 0.6) is 17.2 Å². The Morgan fingerprint density at radius 1 is 1.00 bits per heavy atom. The second-order valence-electron chi connectivity index (χ2n) is 6.20. The van der Waals surface area contributed by atoms with Gasteiger partial charge in [-0.25, -0.2) is 0 Å². The molecular weight excluding hydrogens is 398 g/mol. The molecule has 0 spiro atoms. The fourth-order valence-electron chi connectivity index (χ4n) is 2.70. The van der Waals surface area contributed by atoms with E-state index >= 15 is 0 Å². The predicted molar refractivity (Wildman–Crippen MR) is 110 cm³/mol. The number of anilines is 1. The van der Waals surface area contributed by atoms with E-state index in [4.69, 9.17) is 30.5 Å². The molecule has 0 aliphatic heterocycles. The summed E-state index contributed by atoms with van der Waals surface area (Å²) in [4.78, 5) is 24.0. The summed E-state index contributed by atoms with van der Waals surface area (Å²) in [6.07, 6.45) is 0.499. The molecule has 0 radical (unpaired) electrons. The highest BCUT2D eigenvalue weighted by molar-refractivity contribution is 6.30. The van der Waals surface area contributed by atoms with Crippen molar-refractivity contribution in [3.05, 3.63) is 46.5 Å². The van der Waals surface area contributed by atoms with E-state index in [-0.39, 0.29) is 13.0 Å². The van der Waals surface area contributed by atoms with E-state index < -0.39 is 11.9 Å². The van der Waals surface area contributed by atoms with Crippen LogP contribution in [-0.2, 0) is 20.7 Å². The largest absolute Gasteiger partial charge is 0.493 e. The van der Waals surface area contributed by atoms with Crippen LogP contribution in [0, 0.1) is 6.92 Å². The maximum atomic E-state index is 12.0. The van der Waals surface area contributed by atoms with Crippen molar-refractivity contribution in [3.63, 3.8) is 0 Å². The zero-order valence-electron chi connectivity index (χ0n) is 16.8. The zero-order valence-corrected chi connectivity index (χ0v) is 17.6. The van der Waals surface area contributed by atoms with Crippen molar-refractivity contribution < 1.29 is 28.5 Å². The Morgan fingerprint density at radius 2 is 1.66 bits per heavy atom. The number of carbonyl (C=O) groups is 2. The predicted octanol–water partition coefficient (Wildman–Crippen LogP) is 3.79. The van der Waals surface area contributed by atoms with Gasteiger partial charge in [-0.2, -0.15) is 0 Å². The van der Waals surface area contributed by atoms with Gasteiger partial charge < -0.3 is 24.3 Å². The lowest BCUT2D eigenvalue weighted by atomic mass is 10.1. The van der Waals surface area contributed by atoms with Crippen molar-refractivity contribution >= 4 is 29.2 Å². The summed E-state index contributed by atoms with van der Waals surface area (Å²) in [6, 6.07) is 8.64. The quantitative estimate of drug-likeness (QED) is 0.620. The number of nitrogens with one attached hydrogen (secondary N) is 1. The highest BCUT2D eigenvalue weighted by atomic mass is 35.5. The van der Waals surface area contributed by atoms with Gasteiger partial charge in [0.2, 0.25) is 5.75 Å². The van der Waals surface area contributed by atoms with E-state index in [1.807, 2.05) is 6.92 Å². The van der Waals surface area contributed by atoms with E-state index in [9.17, 15) is 9.59 Å². The van der Waals surface area contributed by atoms with Gasteiger partial charge in [0, 0.05) is 17.1 Å². The lowest BCUT2D eigenvalue weighted by Crippen LogP contribution is -2.21. The molecular formula is C21H24ClNO6. The van der Waals surface area contributed by atoms with Crippen molar-refractivity contribution in [2.24, 2.45) is 0 Å². The Kier molecular flexibility index (Phi) is 8.15. The minimum atomic E-state index is -0.485. The van der Waals surface area contributed by atoms with E-state index in [2.05, 4.69) is 5.32 Å². The van der Waals surface area contributed by atoms with Crippen molar-refractivity contribution in [1.29, 1.82) is 0 Å². The monoisotopic (exact) mass is 421 g/mol. The molecule has 0 aromatic heterocycles. The third-order valence-electron chi connectivity index (χ3n) is 4.17. The lowest BCUT2D eigenvalue weighted by molar-refractivity contribution is -0.147. The first-order valence-corrected chi connectivity index (χ1v) is 9.26. The third kappa shape index (κ3) is 6.29. The minimum absolute atomic E-state index is 0.103. The van der Waals surface area contributed by atoms with Gasteiger partial charge in [-0.1, -0.05) is 11.6 Å². The van der Waals surface area contributed by atoms with Gasteiger partial charge in [-0.3, -0.25) is 9.59 Å². The van der Waals surface area contributed by atoms with Gasteiger partial charge in [0.25, 0.3) is 5.91 Å². The molecule has 156 valence electrons. The topological polar surface area (TPSA) is 83.1 Å². The number of esters is 1. The Balaban J connectivity index is 1.87. The summed E-state index contributed by atoms with van der Waals surface area (Å²) in [5.41, 5.74) is 2.25. The van der Waals surface area contributed by atoms with E-state index in [1.165, 1.54) is 21.3 Å². The van der Waals surface area contributed by atoms with Crippen LogP contribution in [0.15, 0.2) is 30.3 Å². The summed E-state index contributed by atoms with van der Waals surface area (Å²) in [5.74, 6) is 0.592. The molecule has 1 N–H and O–H groups in total. The first kappa shape index (κ1) is 22.4. The number of rotatable bonds is 9. The highest BCUT2D eigenvalue weighted by Crippen LogP contribution is 2.38. The molecule has 0 aliphatic carbocycles. The second-order valence-corrected chi connectivity index (χ2v) is 6.64. The normalized spacial score (nSPS) is 10.2. The number of hydrogen-bond donors (Lipinski definition) is 1. The van der Waals surface area contributed by atoms with Crippen LogP contribution >= 0.6 is 11.6 Å². The number of aryl methyl sites for hydroxylation is 2. The van der Waals surface area contributed by atoms with Crippen LogP contribution in [0.25, 0.3) is 0 Å². The molecule has 2 aromatic carbocycles. The van der Waals surface area contributed by atoms with Gasteiger partial charge in [0.05, 0.1) is 21.3 Å². The van der Waals surface area contributed by atoms with Crippen LogP contribution in [0.3, 0.4) is 0 Å². The van der Waals surface area contributed by atoms with Crippen LogP contribution < -0.4 is 19.5 Å². The molecule has 2 rings (SSSR count). The van der Waals surface area contributed by atoms with Gasteiger partial charge in [0.15, 0.2) is 18.1 Å². The SMILES string of the molecule is COc1cc(CCC(=O)OCC(=O)Nc2ccc(Cl)cc2C)cc(OC)c1OC. The number of methoxy groups -OCH3 is 3. The molecule has 7 nitrogen and oxygen atoms in total. The maximum absolute atomic E-state index is 12.0. The summed E-state index contributed by atoms with van der Waals surface area (Å²) in [5, 5.41) is 3.27. The van der Waals surface area contributed by atoms with E-state index in [1.54, 1.807) is 30.3 Å². The molecule has 0 atom stereocenters. The van der Waals surface area contributed by atoms with Gasteiger partial charge in [-0.15, -0.1) is 0 Å². The fourth-order valence-corrected chi connectivity index (χ4v) is 2.92. The molecule has 0 saturated carbocycles. The molecule has 29 heavy (non-hydrogen) atoms. The van der Waals surface area contributed by atoms with Crippen LogP contribution in [0.1, 0.15) is 17.5 Å². The average molecular weight is 422 g/mol. The first-order chi connectivity index (χ1) is 13.9. The standard InChI is InChI=1S/C21H24ClNO6/c1-13-9-15(22)6-7-16(13)23-19(24)12-29-20(25)8-5-14-10-17(26-2)21(28-4)18(11-14)27-3/h6-7,9-11H,5,8,12H2,1-4H3,(H,23,24). The van der Waals surface area contributed by atoms with Crippen LogP contribution in [-0.4, -0.2) is 39.8 Å². The molecule has 0 heterocycles. The maximum Gasteiger partial charge on any atom is 0.306 e. The van der Waals surface area contributed by atoms with E-state index in [0.29, 0.717) is 34.4 Å². The number of amides is 1. The van der Waals surface area contributed by atoms with Crippen LogP contribution in [0.2, 0.25) is 5.02 Å². The molecule has 0 aliphatic rings. The number of halogens is 1. The Bertz CT molecular complexity index is 858. The summed E-state index contributed by atoms with van der Waals surface area (Å²) < 4.78 is 20.9. The van der Waals surface area contributed by atoms with Crippen LogP contribution in [0.4, 0.5) is 5.69 Å². The highest BCUT2D eigenvalue weighted by Gasteiger charge is 2.15. The molecule has 0 saturated heterocycles. The van der Waals surface area contributed by atoms with Crippen molar-refractivity contribution in [3.8, 4) is 17.2 Å². The third-order valence-corrected chi connectivity index (χ3v) is 4.40. The zero-order chi connectivity index (χ0) is 21.4. The lowest BCUT2D eigenvalue weighted by Gasteiger charge is -2.14. The molecule has 1 amide bonds. The second kappa shape index (κ2) is 10.6. The van der Waals surface area contributed by atoms with Gasteiger partial charge in [0.1, 0.15) is 0 Å². The number of carbonyl (C=O) groups excluding carboxylic acids is 2. The Morgan fingerprint density at radius 3 is 2.21 bits per heavy atom. The minimum Gasteiger partial charge on any atom is -0.493 e. The molecule has 2 aromatic rings. The van der Waals surface area contributed by atoms with Gasteiger partial charge in [-0.05, 0) is 54.8 Å². The molecule has 8 heteroatoms. The number of benzene rings is 2. The smallest absolute Gasteiger partial charge is 0.306 e. The van der Waals surface area contributed by atoms with Crippen molar-refractivity contribution in [2.75, 3.05) is 33.3 Å². The first-order valence-electron chi connectivity index (χ1n) is 8.88. The summed E-state index contributed by atoms with van der Waals surface area (Å²) >= 11 is 5.89. The van der Waals surface area contributed by atoms with E-state index in [0.717, 1.165) is 11.1 Å². The number of hydrogen-bond acceptors (Lipinski definition) is 6. The summed E-state index contributed by atoms with van der Waals surface area (Å²) in [7, 11) is 4.57. The Hall–Kier alpha value is -2.93. The van der Waals surface area contributed by atoms with Crippen molar-refractivity contribution in [1.82, 2.24) is 0 Å². The molecule has 0 fully saturated rings. The van der Waals surface area contributed by atoms with Gasteiger partial charge >= 0.3 is 5.97 Å². The Labute approximate surface area is 174 Å². The summed E-state index contributed by atoms with van der Waals surface area (Å²) in [6.45, 7) is 1.46. The molecule has 0 unspecified atom stereocenters.